The summed E-state index contributed by atoms with van der Waals surface area (Å²) in [6.07, 6.45) is 5.53. The van der Waals surface area contributed by atoms with Crippen LogP contribution in [0.15, 0.2) is 78.5 Å². The molecular formula is C32H39N3O4. The number of β-amino-alcohol motifs (C(OH)–C–C–N with tert-alkyl or cyclic N) is 1. The van der Waals surface area contributed by atoms with Crippen molar-refractivity contribution in [2.45, 2.75) is 37.7 Å². The number of morpholine rings is 1. The molecule has 2 amide bonds. The molecule has 0 aliphatic carbocycles. The third-order valence-corrected chi connectivity index (χ3v) is 8.14. The average molecular weight is 530 g/mol. The van der Waals surface area contributed by atoms with E-state index in [4.69, 9.17) is 4.74 Å². The van der Waals surface area contributed by atoms with Crippen molar-refractivity contribution in [3.05, 3.63) is 89.6 Å². The van der Waals surface area contributed by atoms with Gasteiger partial charge in [-0.2, -0.15) is 0 Å². The quantitative estimate of drug-likeness (QED) is 0.593. The molecule has 7 heteroatoms. The Bertz CT molecular complexity index is 1200. The smallest absolute Gasteiger partial charge is 0.256 e. The lowest BCUT2D eigenvalue weighted by molar-refractivity contribution is -0.136. The molecule has 0 bridgehead atoms. The monoisotopic (exact) mass is 529 g/mol. The van der Waals surface area contributed by atoms with Gasteiger partial charge < -0.3 is 24.5 Å². The van der Waals surface area contributed by atoms with Crippen molar-refractivity contribution in [1.82, 2.24) is 14.7 Å². The molecule has 39 heavy (non-hydrogen) atoms. The van der Waals surface area contributed by atoms with Gasteiger partial charge in [0, 0.05) is 51.9 Å². The average Bonchev–Trinajstić information content (AvgIpc) is 2.98. The number of amides is 2. The molecule has 2 saturated heterocycles. The number of hydrogen-bond donors (Lipinski definition) is 1. The first-order chi connectivity index (χ1) is 18.9. The highest BCUT2D eigenvalue weighted by molar-refractivity contribution is 6.09. The molecule has 0 unspecified atom stereocenters. The summed E-state index contributed by atoms with van der Waals surface area (Å²) >= 11 is 0. The Morgan fingerprint density at radius 3 is 2.23 bits per heavy atom. The molecule has 0 saturated carbocycles. The lowest BCUT2D eigenvalue weighted by Crippen LogP contribution is -2.52. The summed E-state index contributed by atoms with van der Waals surface area (Å²) in [5.74, 6) is 0.296. The topological polar surface area (TPSA) is 73.3 Å². The Labute approximate surface area is 231 Å². The first kappa shape index (κ1) is 27.2. The molecule has 1 N–H and O–H groups in total. The van der Waals surface area contributed by atoms with Gasteiger partial charge in [0.1, 0.15) is 0 Å². The van der Waals surface area contributed by atoms with Crippen LogP contribution >= 0.6 is 0 Å². The Hall–Kier alpha value is -3.42. The van der Waals surface area contributed by atoms with Crippen LogP contribution in [0.3, 0.4) is 0 Å². The molecule has 3 heterocycles. The number of benzene rings is 2. The van der Waals surface area contributed by atoms with Crippen LogP contribution in [0.5, 0.6) is 0 Å². The van der Waals surface area contributed by atoms with Gasteiger partial charge in [0.15, 0.2) is 0 Å². The molecule has 2 aromatic rings. The minimum Gasteiger partial charge on any atom is -0.388 e. The fourth-order valence-corrected chi connectivity index (χ4v) is 5.73. The minimum absolute atomic E-state index is 0.00181. The second-order valence-electron chi connectivity index (χ2n) is 11.0. The molecule has 206 valence electrons. The molecule has 0 spiro atoms. The van der Waals surface area contributed by atoms with Crippen molar-refractivity contribution >= 4 is 17.4 Å². The van der Waals surface area contributed by atoms with E-state index in [0.717, 1.165) is 11.1 Å². The van der Waals surface area contributed by atoms with Crippen LogP contribution in [-0.4, -0.2) is 89.7 Å². The first-order valence-corrected chi connectivity index (χ1v) is 14.1. The predicted octanol–water partition coefficient (Wildman–Crippen LogP) is 3.68. The molecular weight excluding hydrogens is 490 g/mol. The number of piperidine rings is 1. The van der Waals surface area contributed by atoms with Gasteiger partial charge in [-0.25, -0.2) is 0 Å². The van der Waals surface area contributed by atoms with Crippen molar-refractivity contribution in [1.29, 1.82) is 0 Å². The van der Waals surface area contributed by atoms with Crippen molar-refractivity contribution in [3.8, 4) is 0 Å². The zero-order valence-corrected chi connectivity index (χ0v) is 22.8. The Morgan fingerprint density at radius 1 is 0.923 bits per heavy atom. The Kier molecular flexibility index (Phi) is 8.48. The van der Waals surface area contributed by atoms with E-state index in [2.05, 4.69) is 30.0 Å². The number of carbonyl (C=O) groups is 2. The molecule has 0 radical (unpaired) electrons. The number of nitrogens with zero attached hydrogens (tertiary/aromatic N) is 3. The maximum Gasteiger partial charge on any atom is 0.256 e. The molecule has 2 fully saturated rings. The third kappa shape index (κ3) is 6.60. The van der Waals surface area contributed by atoms with Crippen molar-refractivity contribution in [2.75, 3.05) is 52.5 Å². The second kappa shape index (κ2) is 12.2. The van der Waals surface area contributed by atoms with Gasteiger partial charge >= 0.3 is 0 Å². The van der Waals surface area contributed by atoms with Crippen molar-refractivity contribution in [2.24, 2.45) is 0 Å². The van der Waals surface area contributed by atoms with Gasteiger partial charge in [0.25, 0.3) is 5.91 Å². The third-order valence-electron chi connectivity index (χ3n) is 8.14. The summed E-state index contributed by atoms with van der Waals surface area (Å²) < 4.78 is 5.45. The number of aliphatic hydroxyl groups is 1. The summed E-state index contributed by atoms with van der Waals surface area (Å²) in [5.41, 5.74) is 2.86. The molecule has 3 aliphatic rings. The summed E-state index contributed by atoms with van der Waals surface area (Å²) in [7, 11) is 0. The van der Waals surface area contributed by atoms with E-state index in [1.54, 1.807) is 0 Å². The maximum atomic E-state index is 13.6. The normalized spacial score (nSPS) is 20.2. The number of carbonyl (C=O) groups excluding carboxylic acids is 2. The van der Waals surface area contributed by atoms with E-state index in [1.807, 2.05) is 64.5 Å². The highest BCUT2D eigenvalue weighted by Crippen LogP contribution is 2.31. The SMILES string of the molecule is C[C@H](CC(=O)N1CCC(O)(CN2C=C(C(=O)N3CCOCC3)C(c3ccccc3)=CC2)CC1)c1ccccc1. The summed E-state index contributed by atoms with van der Waals surface area (Å²) in [6.45, 7) is 6.46. The van der Waals surface area contributed by atoms with Crippen LogP contribution < -0.4 is 0 Å². The van der Waals surface area contributed by atoms with Gasteiger partial charge in [-0.05, 0) is 35.5 Å². The summed E-state index contributed by atoms with van der Waals surface area (Å²) in [5, 5.41) is 11.5. The van der Waals surface area contributed by atoms with Crippen LogP contribution in [0.25, 0.3) is 5.57 Å². The summed E-state index contributed by atoms with van der Waals surface area (Å²) in [6, 6.07) is 20.1. The zero-order chi connectivity index (χ0) is 27.2. The highest BCUT2D eigenvalue weighted by Gasteiger charge is 2.36. The van der Waals surface area contributed by atoms with Gasteiger partial charge in [0.05, 0.1) is 24.4 Å². The van der Waals surface area contributed by atoms with Crippen LogP contribution in [-0.2, 0) is 14.3 Å². The van der Waals surface area contributed by atoms with Crippen LogP contribution in [0, 0.1) is 0 Å². The van der Waals surface area contributed by atoms with Crippen molar-refractivity contribution < 1.29 is 19.4 Å². The van der Waals surface area contributed by atoms with Crippen LogP contribution in [0.2, 0.25) is 0 Å². The number of ether oxygens (including phenoxy) is 1. The van der Waals surface area contributed by atoms with Gasteiger partial charge in [-0.1, -0.05) is 73.7 Å². The summed E-state index contributed by atoms with van der Waals surface area (Å²) in [4.78, 5) is 32.4. The van der Waals surface area contributed by atoms with Gasteiger partial charge in [-0.15, -0.1) is 0 Å². The zero-order valence-electron chi connectivity index (χ0n) is 22.8. The van der Waals surface area contributed by atoms with Crippen LogP contribution in [0.4, 0.5) is 0 Å². The van der Waals surface area contributed by atoms with Gasteiger partial charge in [-0.3, -0.25) is 9.59 Å². The van der Waals surface area contributed by atoms with E-state index in [9.17, 15) is 14.7 Å². The first-order valence-electron chi connectivity index (χ1n) is 14.1. The second-order valence-corrected chi connectivity index (χ2v) is 11.0. The molecule has 3 aliphatic heterocycles. The molecule has 5 rings (SSSR count). The number of hydrogen-bond acceptors (Lipinski definition) is 5. The highest BCUT2D eigenvalue weighted by atomic mass is 16.5. The lowest BCUT2D eigenvalue weighted by atomic mass is 9.89. The standard InChI is InChI=1S/C32H39N3O4/c1-25(26-8-4-2-5-9-26)22-30(36)34-16-13-32(38,14-17-34)24-33-15-12-28(27-10-6-3-7-11-27)29(23-33)31(37)35-18-20-39-21-19-35/h2-12,23,25,38H,13-22,24H2,1H3/t25-/m1/s1. The van der Waals surface area contributed by atoms with E-state index in [1.165, 1.54) is 5.56 Å². The number of likely N-dealkylation sites (tertiary alicyclic amines) is 1. The van der Waals surface area contributed by atoms with E-state index in [-0.39, 0.29) is 17.7 Å². The Morgan fingerprint density at radius 2 is 1.56 bits per heavy atom. The molecule has 7 nitrogen and oxygen atoms in total. The minimum atomic E-state index is -0.913. The molecule has 0 aromatic heterocycles. The molecule has 2 aromatic carbocycles. The Balaban J connectivity index is 1.23. The largest absolute Gasteiger partial charge is 0.388 e. The van der Waals surface area contributed by atoms with Crippen molar-refractivity contribution in [3.63, 3.8) is 0 Å². The van der Waals surface area contributed by atoms with E-state index in [0.29, 0.717) is 77.3 Å². The van der Waals surface area contributed by atoms with E-state index < -0.39 is 5.60 Å². The predicted molar refractivity (Wildman–Crippen MR) is 152 cm³/mol. The lowest BCUT2D eigenvalue weighted by Gasteiger charge is -2.41. The fraction of sp³-hybridized carbons (Fsp3) is 0.438. The maximum absolute atomic E-state index is 13.6. The fourth-order valence-electron chi connectivity index (χ4n) is 5.73. The van der Waals surface area contributed by atoms with E-state index >= 15 is 0 Å². The molecule has 1 atom stereocenters. The van der Waals surface area contributed by atoms with Crippen LogP contribution in [0.1, 0.15) is 43.2 Å². The number of rotatable bonds is 7. The van der Waals surface area contributed by atoms with Gasteiger partial charge in [0.2, 0.25) is 5.91 Å².